The first kappa shape index (κ1) is 16.0. The van der Waals surface area contributed by atoms with E-state index in [1.807, 2.05) is 24.3 Å². The van der Waals surface area contributed by atoms with Crippen molar-refractivity contribution in [3.05, 3.63) is 75.9 Å². The van der Waals surface area contributed by atoms with E-state index in [-0.39, 0.29) is 25.7 Å². The fraction of sp³-hybridized carbons (Fsp3) is 0.222. The Morgan fingerprint density at radius 1 is 1.29 bits per heavy atom. The van der Waals surface area contributed by atoms with E-state index in [0.717, 1.165) is 11.3 Å². The highest BCUT2D eigenvalue weighted by Gasteiger charge is 2.21. The van der Waals surface area contributed by atoms with Crippen molar-refractivity contribution in [3.63, 3.8) is 0 Å². The SMILES string of the molecule is C=CCc1ccccc1OCc1cc([N+](=O)[O-])cc2c1OCOC2. The molecule has 0 aliphatic carbocycles. The van der Waals surface area contributed by atoms with Gasteiger partial charge in [0.15, 0.2) is 6.79 Å². The van der Waals surface area contributed by atoms with Gasteiger partial charge in [0.1, 0.15) is 18.1 Å². The smallest absolute Gasteiger partial charge is 0.270 e. The van der Waals surface area contributed by atoms with E-state index in [4.69, 9.17) is 14.2 Å². The molecule has 0 fully saturated rings. The Kier molecular flexibility index (Phi) is 4.77. The molecule has 0 radical (unpaired) electrons. The summed E-state index contributed by atoms with van der Waals surface area (Å²) in [5.41, 5.74) is 2.31. The molecule has 124 valence electrons. The fourth-order valence-corrected chi connectivity index (χ4v) is 2.62. The van der Waals surface area contributed by atoms with Crippen molar-refractivity contribution in [1.82, 2.24) is 0 Å². The monoisotopic (exact) mass is 327 g/mol. The Balaban J connectivity index is 1.88. The first-order valence-electron chi connectivity index (χ1n) is 7.51. The summed E-state index contributed by atoms with van der Waals surface area (Å²) in [7, 11) is 0. The number of nitro groups is 1. The summed E-state index contributed by atoms with van der Waals surface area (Å²) >= 11 is 0. The van der Waals surface area contributed by atoms with Crippen molar-refractivity contribution in [2.24, 2.45) is 0 Å². The van der Waals surface area contributed by atoms with Crippen LogP contribution in [0.4, 0.5) is 5.69 Å². The van der Waals surface area contributed by atoms with Gasteiger partial charge in [0.05, 0.1) is 11.5 Å². The third-order valence-corrected chi connectivity index (χ3v) is 3.70. The highest BCUT2D eigenvalue weighted by Crippen LogP contribution is 2.33. The molecule has 3 rings (SSSR count). The maximum Gasteiger partial charge on any atom is 0.270 e. The van der Waals surface area contributed by atoms with Crippen molar-refractivity contribution in [3.8, 4) is 11.5 Å². The van der Waals surface area contributed by atoms with Gasteiger partial charge in [0.25, 0.3) is 5.69 Å². The van der Waals surface area contributed by atoms with Gasteiger partial charge >= 0.3 is 0 Å². The van der Waals surface area contributed by atoms with Crippen LogP contribution in [-0.4, -0.2) is 11.7 Å². The number of nitrogens with zero attached hydrogens (tertiary/aromatic N) is 1. The molecular formula is C18H17NO5. The number of allylic oxidation sites excluding steroid dienone is 1. The van der Waals surface area contributed by atoms with Crippen LogP contribution < -0.4 is 9.47 Å². The molecule has 2 aromatic rings. The van der Waals surface area contributed by atoms with Crippen LogP contribution in [0.5, 0.6) is 11.5 Å². The Bertz CT molecular complexity index is 772. The zero-order valence-electron chi connectivity index (χ0n) is 13.1. The van der Waals surface area contributed by atoms with Crippen LogP contribution >= 0.6 is 0 Å². The zero-order chi connectivity index (χ0) is 16.9. The Morgan fingerprint density at radius 2 is 2.12 bits per heavy atom. The second-order valence-electron chi connectivity index (χ2n) is 5.35. The van der Waals surface area contributed by atoms with Gasteiger partial charge in [-0.15, -0.1) is 6.58 Å². The summed E-state index contributed by atoms with van der Waals surface area (Å²) in [6.07, 6.45) is 2.49. The van der Waals surface area contributed by atoms with Crippen molar-refractivity contribution < 1.29 is 19.1 Å². The van der Waals surface area contributed by atoms with E-state index >= 15 is 0 Å². The number of non-ortho nitro benzene ring substituents is 1. The van der Waals surface area contributed by atoms with E-state index in [2.05, 4.69) is 6.58 Å². The Labute approximate surface area is 139 Å². The van der Waals surface area contributed by atoms with Crippen LogP contribution in [0, 0.1) is 10.1 Å². The van der Waals surface area contributed by atoms with Crippen molar-refractivity contribution in [2.45, 2.75) is 19.6 Å². The van der Waals surface area contributed by atoms with Crippen LogP contribution in [-0.2, 0) is 24.4 Å². The first-order chi connectivity index (χ1) is 11.7. The average molecular weight is 327 g/mol. The average Bonchev–Trinajstić information content (AvgIpc) is 2.60. The molecule has 2 aromatic carbocycles. The molecule has 6 nitrogen and oxygen atoms in total. The van der Waals surface area contributed by atoms with Crippen LogP contribution in [0.25, 0.3) is 0 Å². The number of fused-ring (bicyclic) bond motifs is 1. The molecule has 6 heteroatoms. The van der Waals surface area contributed by atoms with E-state index < -0.39 is 4.92 Å². The van der Waals surface area contributed by atoms with Gasteiger partial charge in [0, 0.05) is 23.3 Å². The van der Waals surface area contributed by atoms with E-state index in [1.54, 1.807) is 6.08 Å². The predicted molar refractivity (Wildman–Crippen MR) is 88.1 cm³/mol. The largest absolute Gasteiger partial charge is 0.488 e. The van der Waals surface area contributed by atoms with Gasteiger partial charge in [0.2, 0.25) is 0 Å². The number of nitro benzene ring substituents is 1. The lowest BCUT2D eigenvalue weighted by Gasteiger charge is -2.21. The molecule has 1 heterocycles. The van der Waals surface area contributed by atoms with E-state index in [1.165, 1.54) is 12.1 Å². The molecule has 0 amide bonds. The molecule has 0 saturated carbocycles. The minimum atomic E-state index is -0.427. The van der Waals surface area contributed by atoms with E-state index in [0.29, 0.717) is 23.3 Å². The second-order valence-corrected chi connectivity index (χ2v) is 5.35. The summed E-state index contributed by atoms with van der Waals surface area (Å²) < 4.78 is 16.6. The molecule has 0 N–H and O–H groups in total. The van der Waals surface area contributed by atoms with Gasteiger partial charge in [-0.3, -0.25) is 10.1 Å². The lowest BCUT2D eigenvalue weighted by molar-refractivity contribution is -0.385. The van der Waals surface area contributed by atoms with Crippen LogP contribution in [0.1, 0.15) is 16.7 Å². The molecule has 1 aliphatic rings. The van der Waals surface area contributed by atoms with Crippen LogP contribution in [0.3, 0.4) is 0 Å². The molecular weight excluding hydrogens is 310 g/mol. The number of hydrogen-bond acceptors (Lipinski definition) is 5. The molecule has 0 atom stereocenters. The minimum absolute atomic E-state index is 0.000765. The number of benzene rings is 2. The van der Waals surface area contributed by atoms with Crippen molar-refractivity contribution in [2.75, 3.05) is 6.79 Å². The number of rotatable bonds is 6. The lowest BCUT2D eigenvalue weighted by Crippen LogP contribution is -2.14. The van der Waals surface area contributed by atoms with Gasteiger partial charge in [-0.25, -0.2) is 0 Å². The Hall–Kier alpha value is -2.86. The van der Waals surface area contributed by atoms with Crippen molar-refractivity contribution >= 4 is 5.69 Å². The highest BCUT2D eigenvalue weighted by molar-refractivity contribution is 5.50. The number of ether oxygens (including phenoxy) is 3. The third-order valence-electron chi connectivity index (χ3n) is 3.70. The maximum atomic E-state index is 11.1. The third kappa shape index (κ3) is 3.38. The van der Waals surface area contributed by atoms with Gasteiger partial charge in [-0.1, -0.05) is 24.3 Å². The fourth-order valence-electron chi connectivity index (χ4n) is 2.62. The topological polar surface area (TPSA) is 70.8 Å². The second kappa shape index (κ2) is 7.14. The standard InChI is InChI=1S/C18H17NO5/c1-2-5-13-6-3-4-7-17(13)23-11-15-9-16(19(20)21)8-14-10-22-12-24-18(14)15/h2-4,6-9H,1,5,10-12H2. The minimum Gasteiger partial charge on any atom is -0.488 e. The van der Waals surface area contributed by atoms with Crippen LogP contribution in [0.15, 0.2) is 49.1 Å². The highest BCUT2D eigenvalue weighted by atomic mass is 16.7. The summed E-state index contributed by atoms with van der Waals surface area (Å²) in [4.78, 5) is 10.7. The van der Waals surface area contributed by atoms with Gasteiger partial charge in [-0.05, 0) is 18.1 Å². The molecule has 0 bridgehead atoms. The molecule has 0 unspecified atom stereocenters. The predicted octanol–water partition coefficient (Wildman–Crippen LogP) is 3.77. The lowest BCUT2D eigenvalue weighted by atomic mass is 10.1. The summed E-state index contributed by atoms with van der Waals surface area (Å²) in [5, 5.41) is 11.1. The van der Waals surface area contributed by atoms with Crippen molar-refractivity contribution in [1.29, 1.82) is 0 Å². The Morgan fingerprint density at radius 3 is 2.92 bits per heavy atom. The quantitative estimate of drug-likeness (QED) is 0.459. The first-order valence-corrected chi connectivity index (χ1v) is 7.51. The summed E-state index contributed by atoms with van der Waals surface area (Å²) in [5.74, 6) is 1.33. The number of para-hydroxylation sites is 1. The normalized spacial score (nSPS) is 12.8. The molecule has 1 aliphatic heterocycles. The van der Waals surface area contributed by atoms with Crippen LogP contribution in [0.2, 0.25) is 0 Å². The summed E-state index contributed by atoms with van der Waals surface area (Å²) in [6, 6.07) is 10.6. The van der Waals surface area contributed by atoms with Gasteiger partial charge in [-0.2, -0.15) is 0 Å². The zero-order valence-corrected chi connectivity index (χ0v) is 13.1. The molecule has 0 saturated heterocycles. The molecule has 24 heavy (non-hydrogen) atoms. The molecule has 0 spiro atoms. The summed E-state index contributed by atoms with van der Waals surface area (Å²) in [6.45, 7) is 4.34. The molecule has 0 aromatic heterocycles. The van der Waals surface area contributed by atoms with E-state index in [9.17, 15) is 10.1 Å². The maximum absolute atomic E-state index is 11.1. The van der Waals surface area contributed by atoms with Gasteiger partial charge < -0.3 is 14.2 Å². The number of hydrogen-bond donors (Lipinski definition) is 0.